The van der Waals surface area contributed by atoms with Gasteiger partial charge < -0.3 is 15.3 Å². The Morgan fingerprint density at radius 3 is 2.12 bits per heavy atom. The van der Waals surface area contributed by atoms with Crippen molar-refractivity contribution in [3.05, 3.63) is 12.2 Å². The summed E-state index contributed by atoms with van der Waals surface area (Å²) >= 11 is 0. The minimum absolute atomic E-state index is 0.389. The Hall–Kier alpha value is -0.380. The van der Waals surface area contributed by atoms with Crippen LogP contribution >= 0.6 is 0 Å². The van der Waals surface area contributed by atoms with Gasteiger partial charge >= 0.3 is 0 Å². The lowest BCUT2D eigenvalue weighted by Gasteiger charge is -2.53. The zero-order chi connectivity index (χ0) is 12.6. The van der Waals surface area contributed by atoms with Crippen LogP contribution in [-0.2, 0) is 0 Å². The molecule has 0 aromatic rings. The molecule has 0 aliphatic heterocycles. The first-order chi connectivity index (χ1) is 7.12. The van der Waals surface area contributed by atoms with Crippen molar-refractivity contribution in [1.82, 2.24) is 0 Å². The van der Waals surface area contributed by atoms with Gasteiger partial charge in [0.1, 0.15) is 5.60 Å². The second-order valence-corrected chi connectivity index (χ2v) is 5.88. The Balaban J connectivity index is 3.10. The fourth-order valence-electron chi connectivity index (χ4n) is 2.67. The third kappa shape index (κ3) is 2.17. The van der Waals surface area contributed by atoms with Crippen LogP contribution < -0.4 is 0 Å². The van der Waals surface area contributed by atoms with Gasteiger partial charge in [-0.2, -0.15) is 0 Å². The highest BCUT2D eigenvalue weighted by molar-refractivity contribution is 5.19. The van der Waals surface area contributed by atoms with E-state index in [9.17, 15) is 15.3 Å². The van der Waals surface area contributed by atoms with Gasteiger partial charge in [0.05, 0.1) is 11.7 Å². The standard InChI is InChI=1S/C13H24O3/c1-10(14)6-9-13(16)11(2,3)7-5-8-12(13,4)15/h6,9-10,14-16H,5,7-8H2,1-4H3/b9-6+/t10?,12-,13-/m0/s1. The Labute approximate surface area is 97.8 Å². The van der Waals surface area contributed by atoms with Crippen LogP contribution in [0.15, 0.2) is 12.2 Å². The van der Waals surface area contributed by atoms with Gasteiger partial charge in [0.2, 0.25) is 0 Å². The normalized spacial score (nSPS) is 41.2. The molecule has 3 heteroatoms. The van der Waals surface area contributed by atoms with Crippen molar-refractivity contribution in [2.45, 2.75) is 64.3 Å². The summed E-state index contributed by atoms with van der Waals surface area (Å²) in [7, 11) is 0. The summed E-state index contributed by atoms with van der Waals surface area (Å²) in [6.45, 7) is 7.20. The largest absolute Gasteiger partial charge is 0.389 e. The summed E-state index contributed by atoms with van der Waals surface area (Å²) in [5, 5.41) is 30.3. The van der Waals surface area contributed by atoms with E-state index < -0.39 is 17.3 Å². The van der Waals surface area contributed by atoms with Crippen LogP contribution in [0.2, 0.25) is 0 Å². The van der Waals surface area contributed by atoms with Crippen molar-refractivity contribution >= 4 is 0 Å². The molecule has 94 valence electrons. The number of hydrogen-bond acceptors (Lipinski definition) is 3. The lowest BCUT2D eigenvalue weighted by molar-refractivity contribution is -0.194. The lowest BCUT2D eigenvalue weighted by atomic mass is 9.58. The smallest absolute Gasteiger partial charge is 0.116 e. The highest BCUT2D eigenvalue weighted by atomic mass is 16.4. The predicted molar refractivity (Wildman–Crippen MR) is 64.0 cm³/mol. The number of aliphatic hydroxyl groups excluding tert-OH is 1. The van der Waals surface area contributed by atoms with E-state index >= 15 is 0 Å². The average molecular weight is 228 g/mol. The molecule has 0 aromatic carbocycles. The summed E-state index contributed by atoms with van der Waals surface area (Å²) in [6.07, 6.45) is 4.85. The van der Waals surface area contributed by atoms with Crippen molar-refractivity contribution in [1.29, 1.82) is 0 Å². The summed E-state index contributed by atoms with van der Waals surface area (Å²) in [5.74, 6) is 0. The molecule has 3 N–H and O–H groups in total. The molecule has 1 rings (SSSR count). The number of rotatable bonds is 2. The van der Waals surface area contributed by atoms with Crippen molar-refractivity contribution < 1.29 is 15.3 Å². The summed E-state index contributed by atoms with van der Waals surface area (Å²) in [6, 6.07) is 0. The Morgan fingerprint density at radius 2 is 1.69 bits per heavy atom. The van der Waals surface area contributed by atoms with Crippen LogP contribution in [0.3, 0.4) is 0 Å². The molecule has 3 nitrogen and oxygen atoms in total. The Kier molecular flexibility index (Phi) is 3.53. The zero-order valence-electron chi connectivity index (χ0n) is 10.7. The van der Waals surface area contributed by atoms with Crippen LogP contribution in [0.1, 0.15) is 47.0 Å². The van der Waals surface area contributed by atoms with Gasteiger partial charge in [-0.05, 0) is 38.5 Å². The van der Waals surface area contributed by atoms with Gasteiger partial charge in [-0.15, -0.1) is 0 Å². The molecule has 0 amide bonds. The molecule has 1 saturated carbocycles. The minimum atomic E-state index is -1.28. The number of aliphatic hydroxyl groups is 3. The lowest BCUT2D eigenvalue weighted by Crippen LogP contribution is -2.62. The van der Waals surface area contributed by atoms with E-state index in [1.54, 1.807) is 26.0 Å². The maximum absolute atomic E-state index is 10.7. The maximum Gasteiger partial charge on any atom is 0.116 e. The highest BCUT2D eigenvalue weighted by Gasteiger charge is 2.56. The molecule has 0 saturated heterocycles. The minimum Gasteiger partial charge on any atom is -0.389 e. The Bertz CT molecular complexity index is 261. The molecule has 3 atom stereocenters. The third-order valence-electron chi connectivity index (χ3n) is 3.93. The first-order valence-corrected chi connectivity index (χ1v) is 5.95. The van der Waals surface area contributed by atoms with E-state index in [0.717, 1.165) is 12.8 Å². The van der Waals surface area contributed by atoms with E-state index in [2.05, 4.69) is 0 Å². The first kappa shape index (κ1) is 13.7. The van der Waals surface area contributed by atoms with Gasteiger partial charge in [-0.3, -0.25) is 0 Å². The summed E-state index contributed by atoms with van der Waals surface area (Å²) < 4.78 is 0. The molecule has 0 spiro atoms. The maximum atomic E-state index is 10.7. The second-order valence-electron chi connectivity index (χ2n) is 5.88. The van der Waals surface area contributed by atoms with Crippen LogP contribution in [-0.4, -0.2) is 32.6 Å². The zero-order valence-corrected chi connectivity index (χ0v) is 10.7. The third-order valence-corrected chi connectivity index (χ3v) is 3.93. The van der Waals surface area contributed by atoms with Crippen LogP contribution in [0.4, 0.5) is 0 Å². The molecule has 0 heterocycles. The van der Waals surface area contributed by atoms with Crippen molar-refractivity contribution in [2.24, 2.45) is 5.41 Å². The molecule has 1 unspecified atom stereocenters. The molecule has 1 aliphatic carbocycles. The van der Waals surface area contributed by atoms with Gasteiger partial charge in [-0.1, -0.05) is 26.0 Å². The van der Waals surface area contributed by atoms with E-state index in [0.29, 0.717) is 6.42 Å². The Morgan fingerprint density at radius 1 is 1.12 bits per heavy atom. The van der Waals surface area contributed by atoms with E-state index in [4.69, 9.17) is 0 Å². The topological polar surface area (TPSA) is 60.7 Å². The van der Waals surface area contributed by atoms with Gasteiger partial charge in [0.15, 0.2) is 0 Å². The van der Waals surface area contributed by atoms with Gasteiger partial charge in [0, 0.05) is 0 Å². The van der Waals surface area contributed by atoms with E-state index in [1.807, 2.05) is 13.8 Å². The fraction of sp³-hybridized carbons (Fsp3) is 0.846. The monoisotopic (exact) mass is 228 g/mol. The first-order valence-electron chi connectivity index (χ1n) is 5.95. The van der Waals surface area contributed by atoms with Crippen LogP contribution in [0, 0.1) is 5.41 Å². The predicted octanol–water partition coefficient (Wildman–Crippen LogP) is 1.62. The average Bonchev–Trinajstić information content (AvgIpc) is 2.10. The van der Waals surface area contributed by atoms with Gasteiger partial charge in [0.25, 0.3) is 0 Å². The molecule has 1 fully saturated rings. The van der Waals surface area contributed by atoms with E-state index in [-0.39, 0.29) is 5.41 Å². The van der Waals surface area contributed by atoms with Crippen LogP contribution in [0.5, 0.6) is 0 Å². The molecule has 0 bridgehead atoms. The molecule has 0 aromatic heterocycles. The quantitative estimate of drug-likeness (QED) is 0.629. The van der Waals surface area contributed by atoms with Crippen molar-refractivity contribution in [3.63, 3.8) is 0 Å². The number of hydrogen-bond donors (Lipinski definition) is 3. The van der Waals surface area contributed by atoms with Crippen molar-refractivity contribution in [3.8, 4) is 0 Å². The molecule has 16 heavy (non-hydrogen) atoms. The molecular formula is C13H24O3. The van der Waals surface area contributed by atoms with Gasteiger partial charge in [-0.25, -0.2) is 0 Å². The summed E-state index contributed by atoms with van der Waals surface area (Å²) in [4.78, 5) is 0. The molecule has 1 aliphatic rings. The highest BCUT2D eigenvalue weighted by Crippen LogP contribution is 2.49. The SMILES string of the molecule is CC(O)/C=C/[C@]1(O)C(C)(C)CCC[C@]1(C)O. The summed E-state index contributed by atoms with van der Waals surface area (Å²) in [5.41, 5.74) is -2.81. The molecular weight excluding hydrogens is 204 g/mol. The molecule has 0 radical (unpaired) electrons. The fourth-order valence-corrected chi connectivity index (χ4v) is 2.67. The second kappa shape index (κ2) is 4.13. The van der Waals surface area contributed by atoms with Crippen molar-refractivity contribution in [2.75, 3.05) is 0 Å². The van der Waals surface area contributed by atoms with E-state index in [1.165, 1.54) is 0 Å². The van der Waals surface area contributed by atoms with Crippen LogP contribution in [0.25, 0.3) is 0 Å².